The van der Waals surface area contributed by atoms with E-state index in [1.807, 2.05) is 125 Å². The Labute approximate surface area is 231 Å². The molecule has 2 saturated heterocycles. The summed E-state index contributed by atoms with van der Waals surface area (Å²) >= 11 is 0. The zero-order chi connectivity index (χ0) is 27.0. The summed E-state index contributed by atoms with van der Waals surface area (Å²) in [5.74, 6) is 0. The van der Waals surface area contributed by atoms with E-state index in [4.69, 9.17) is 27.4 Å². The lowest BCUT2D eigenvalue weighted by Crippen LogP contribution is -2.74. The molecule has 0 aliphatic carbocycles. The standard InChI is InChI=1S/C28H28B5O6/c1-21-5-13-25(14-6-21)29-34-30(26-15-7-22(2)8-16-26)37-33(36-29)38-31(27-17-9-23(3)10-18-27)35-32(39-33)28-19-11-24(4)12-20-28/h5-20H,1-4H3/q-1. The Morgan fingerprint density at radius 1 is 0.359 bits per heavy atom. The largest absolute Gasteiger partial charge is 0.561 e. The maximum atomic E-state index is 6.46. The van der Waals surface area contributed by atoms with E-state index in [9.17, 15) is 0 Å². The molecule has 4 aromatic carbocycles. The number of hydrogen-bond acceptors (Lipinski definition) is 6. The third-order valence-electron chi connectivity index (χ3n) is 7.05. The smallest absolute Gasteiger partial charge is 0.481 e. The van der Waals surface area contributed by atoms with Crippen molar-refractivity contribution in [2.45, 2.75) is 27.7 Å². The molecule has 2 aliphatic heterocycles. The van der Waals surface area contributed by atoms with Gasteiger partial charge in [0.05, 0.1) is 0 Å². The van der Waals surface area contributed by atoms with Crippen LogP contribution in [-0.4, -0.2) is 35.4 Å². The first kappa shape index (κ1) is 26.2. The number of hydrogen-bond donors (Lipinski definition) is 0. The van der Waals surface area contributed by atoms with Crippen LogP contribution in [0.2, 0.25) is 0 Å². The van der Waals surface area contributed by atoms with Gasteiger partial charge in [-0.3, -0.25) is 0 Å². The molecule has 192 valence electrons. The first-order valence-electron chi connectivity index (χ1n) is 13.3. The third-order valence-corrected chi connectivity index (χ3v) is 7.05. The number of aryl methyl sites for hydroxylation is 4. The number of rotatable bonds is 4. The summed E-state index contributed by atoms with van der Waals surface area (Å²) in [5.41, 5.74) is 7.88. The van der Waals surface area contributed by atoms with Crippen LogP contribution in [0.5, 0.6) is 0 Å². The lowest BCUT2D eigenvalue weighted by molar-refractivity contribution is 0.0871. The van der Waals surface area contributed by atoms with Crippen LogP contribution in [0.3, 0.4) is 0 Å². The molecule has 0 N–H and O–H groups in total. The summed E-state index contributed by atoms with van der Waals surface area (Å²) in [6.45, 7) is 5.38. The Balaban J connectivity index is 1.41. The Bertz CT molecular complexity index is 1200. The molecule has 2 heterocycles. The van der Waals surface area contributed by atoms with Gasteiger partial charge in [-0.2, -0.15) is 0 Å². The fourth-order valence-corrected chi connectivity index (χ4v) is 4.67. The monoisotopic (exact) mass is 515 g/mol. The van der Waals surface area contributed by atoms with Gasteiger partial charge in [0.2, 0.25) is 0 Å². The first-order chi connectivity index (χ1) is 18.9. The second kappa shape index (κ2) is 10.9. The summed E-state index contributed by atoms with van der Waals surface area (Å²) in [7, 11) is -3.16. The van der Waals surface area contributed by atoms with E-state index in [2.05, 4.69) is 0 Å². The average Bonchev–Trinajstić information content (AvgIpc) is 2.94. The van der Waals surface area contributed by atoms with Gasteiger partial charge in [-0.05, 0) is 49.5 Å². The maximum absolute atomic E-state index is 6.46. The first-order valence-corrected chi connectivity index (χ1v) is 13.3. The van der Waals surface area contributed by atoms with Gasteiger partial charge in [-0.1, -0.05) is 119 Å². The van der Waals surface area contributed by atoms with Gasteiger partial charge >= 0.3 is 35.4 Å². The second-order valence-electron chi connectivity index (χ2n) is 10.4. The Morgan fingerprint density at radius 3 is 0.769 bits per heavy atom. The highest BCUT2D eigenvalue weighted by atomic mass is 16.9. The molecule has 0 amide bonds. The molecule has 0 bridgehead atoms. The van der Waals surface area contributed by atoms with Crippen molar-refractivity contribution < 1.29 is 27.4 Å². The van der Waals surface area contributed by atoms with Crippen molar-refractivity contribution in [3.63, 3.8) is 0 Å². The molecule has 0 radical (unpaired) electrons. The maximum Gasteiger partial charge on any atom is 0.481 e. The summed E-state index contributed by atoms with van der Waals surface area (Å²) in [4.78, 5) is 0. The molecular formula is C28H28B5O6-. The van der Waals surface area contributed by atoms with Crippen LogP contribution in [0, 0.1) is 27.7 Å². The molecule has 0 aromatic heterocycles. The van der Waals surface area contributed by atoms with E-state index in [1.54, 1.807) is 0 Å². The van der Waals surface area contributed by atoms with Gasteiger partial charge in [0.15, 0.2) is 0 Å². The molecule has 4 aromatic rings. The normalized spacial score (nSPS) is 17.1. The highest BCUT2D eigenvalue weighted by Crippen LogP contribution is 2.27. The summed E-state index contributed by atoms with van der Waals surface area (Å²) in [6.07, 6.45) is 0. The van der Waals surface area contributed by atoms with Crippen molar-refractivity contribution in [3.8, 4) is 0 Å². The predicted octanol–water partition coefficient (Wildman–Crippen LogP) is 2.36. The molecule has 2 fully saturated rings. The molecule has 6 rings (SSSR count). The van der Waals surface area contributed by atoms with Crippen molar-refractivity contribution in [2.75, 3.05) is 0 Å². The topological polar surface area (TPSA) is 55.4 Å². The minimum atomic E-state index is -2.79. The zero-order valence-corrected chi connectivity index (χ0v) is 22.6. The van der Waals surface area contributed by atoms with Crippen molar-refractivity contribution >= 4 is 57.3 Å². The van der Waals surface area contributed by atoms with Crippen LogP contribution in [0.15, 0.2) is 97.1 Å². The third kappa shape index (κ3) is 5.80. The lowest BCUT2D eigenvalue weighted by atomic mass is 9.60. The van der Waals surface area contributed by atoms with E-state index in [1.165, 1.54) is 0 Å². The Hall–Kier alpha value is -3.04. The molecule has 11 heteroatoms. The van der Waals surface area contributed by atoms with Crippen molar-refractivity contribution in [1.29, 1.82) is 0 Å². The van der Waals surface area contributed by atoms with Gasteiger partial charge in [-0.15, -0.1) is 0 Å². The fourth-order valence-electron chi connectivity index (χ4n) is 4.67. The molecule has 0 unspecified atom stereocenters. The molecule has 0 atom stereocenters. The van der Waals surface area contributed by atoms with Crippen LogP contribution in [-0.2, 0) is 27.4 Å². The summed E-state index contributed by atoms with van der Waals surface area (Å²) in [6, 6.07) is 32.0. The van der Waals surface area contributed by atoms with Crippen LogP contribution in [0.1, 0.15) is 22.3 Å². The van der Waals surface area contributed by atoms with E-state index >= 15 is 0 Å². The van der Waals surface area contributed by atoms with Crippen molar-refractivity contribution in [1.82, 2.24) is 0 Å². The van der Waals surface area contributed by atoms with Gasteiger partial charge < -0.3 is 27.4 Å². The van der Waals surface area contributed by atoms with E-state index in [-0.39, 0.29) is 0 Å². The average molecular weight is 515 g/mol. The highest BCUT2D eigenvalue weighted by Gasteiger charge is 2.54. The molecule has 39 heavy (non-hydrogen) atoms. The quantitative estimate of drug-likeness (QED) is 0.390. The molecule has 6 nitrogen and oxygen atoms in total. The fraction of sp³-hybridized carbons (Fsp3) is 0.143. The molecule has 0 saturated carbocycles. The van der Waals surface area contributed by atoms with Crippen molar-refractivity contribution in [3.05, 3.63) is 119 Å². The Morgan fingerprint density at radius 2 is 0.564 bits per heavy atom. The van der Waals surface area contributed by atoms with Crippen LogP contribution in [0.4, 0.5) is 0 Å². The molecule has 1 spiro atoms. The minimum absolute atomic E-state index is 0.791. The zero-order valence-electron chi connectivity index (χ0n) is 22.6. The SMILES string of the molecule is Cc1ccc(B2OB(c3ccc(C)cc3)O[B-]3(O2)OB(c2ccc(C)cc2)OB(c2ccc(C)cc2)O3)cc1. The Kier molecular flexibility index (Phi) is 7.29. The van der Waals surface area contributed by atoms with Crippen molar-refractivity contribution in [2.24, 2.45) is 0 Å². The van der Waals surface area contributed by atoms with Gasteiger partial charge in [0.1, 0.15) is 0 Å². The molecular weight excluding hydrogens is 486 g/mol. The van der Waals surface area contributed by atoms with Crippen LogP contribution < -0.4 is 21.9 Å². The van der Waals surface area contributed by atoms with Crippen LogP contribution >= 0.6 is 0 Å². The highest BCUT2D eigenvalue weighted by molar-refractivity contribution is 6.93. The van der Waals surface area contributed by atoms with E-state index < -0.39 is 35.4 Å². The van der Waals surface area contributed by atoms with Crippen LogP contribution in [0.25, 0.3) is 0 Å². The van der Waals surface area contributed by atoms with Gasteiger partial charge in [0, 0.05) is 0 Å². The summed E-state index contributed by atoms with van der Waals surface area (Å²) in [5, 5.41) is 0. The van der Waals surface area contributed by atoms with E-state index in [0.29, 0.717) is 0 Å². The summed E-state index contributed by atoms with van der Waals surface area (Å²) < 4.78 is 38.5. The second-order valence-corrected chi connectivity index (χ2v) is 10.4. The van der Waals surface area contributed by atoms with Gasteiger partial charge in [-0.25, -0.2) is 0 Å². The predicted molar refractivity (Wildman–Crippen MR) is 159 cm³/mol. The number of benzene rings is 4. The van der Waals surface area contributed by atoms with E-state index in [0.717, 1.165) is 44.1 Å². The molecule has 2 aliphatic rings. The lowest BCUT2D eigenvalue weighted by Gasteiger charge is -2.54. The minimum Gasteiger partial charge on any atom is -0.561 e. The van der Waals surface area contributed by atoms with Gasteiger partial charge in [0.25, 0.3) is 0 Å².